The van der Waals surface area contributed by atoms with Crippen molar-refractivity contribution < 1.29 is 4.79 Å². The maximum atomic E-state index is 11.7. The average Bonchev–Trinajstić information content (AvgIpc) is 2.11. The van der Waals surface area contributed by atoms with Crippen LogP contribution in [0.4, 0.5) is 0 Å². The first-order chi connectivity index (χ1) is 6.56. The van der Waals surface area contributed by atoms with Crippen LogP contribution in [0.15, 0.2) is 16.6 Å². The summed E-state index contributed by atoms with van der Waals surface area (Å²) in [7, 11) is 0. The van der Waals surface area contributed by atoms with Gasteiger partial charge in [0.1, 0.15) is 0 Å². The van der Waals surface area contributed by atoms with E-state index in [9.17, 15) is 4.79 Å². The molecule has 0 saturated heterocycles. The summed E-state index contributed by atoms with van der Waals surface area (Å²) in [5, 5.41) is 0. The zero-order valence-electron chi connectivity index (χ0n) is 8.86. The van der Waals surface area contributed by atoms with Crippen LogP contribution in [0.1, 0.15) is 41.3 Å². The van der Waals surface area contributed by atoms with Crippen molar-refractivity contribution in [3.8, 4) is 0 Å². The molecule has 0 spiro atoms. The Hall–Kier alpha value is -0.630. The molecule has 2 heteroatoms. The Bertz CT molecular complexity index is 356. The second kappa shape index (κ2) is 4.74. The molecule has 0 N–H and O–H groups in total. The number of ketones is 1. The molecule has 76 valence electrons. The number of hydrogen-bond donors (Lipinski definition) is 0. The van der Waals surface area contributed by atoms with E-state index in [1.165, 1.54) is 0 Å². The van der Waals surface area contributed by atoms with E-state index < -0.39 is 0 Å². The van der Waals surface area contributed by atoms with Gasteiger partial charge in [0.15, 0.2) is 5.78 Å². The molecule has 0 aliphatic rings. The van der Waals surface area contributed by atoms with Crippen molar-refractivity contribution in [1.29, 1.82) is 0 Å². The largest absolute Gasteiger partial charge is 0.294 e. The predicted octanol–water partition coefficient (Wildman–Crippen LogP) is 4.05. The van der Waals surface area contributed by atoms with Crippen molar-refractivity contribution in [3.05, 3.63) is 33.3 Å². The van der Waals surface area contributed by atoms with Gasteiger partial charge >= 0.3 is 0 Å². The number of rotatable bonds is 3. The summed E-state index contributed by atoms with van der Waals surface area (Å²) in [4.78, 5) is 11.7. The lowest BCUT2D eigenvalue weighted by Gasteiger charge is -2.07. The van der Waals surface area contributed by atoms with Crippen molar-refractivity contribution in [2.75, 3.05) is 0 Å². The van der Waals surface area contributed by atoms with Gasteiger partial charge in [-0.2, -0.15) is 0 Å². The number of carbonyl (C=O) groups excluding carboxylic acids is 1. The molecule has 1 aromatic carbocycles. The van der Waals surface area contributed by atoms with Crippen molar-refractivity contribution in [3.63, 3.8) is 0 Å². The van der Waals surface area contributed by atoms with Gasteiger partial charge in [0.2, 0.25) is 0 Å². The Kier molecular flexibility index (Phi) is 3.87. The SMILES string of the molecule is CCCC(=O)c1cc(C)cc(C)c1Br. The minimum Gasteiger partial charge on any atom is -0.294 e. The lowest BCUT2D eigenvalue weighted by atomic mass is 10.0. The van der Waals surface area contributed by atoms with Gasteiger partial charge in [-0.15, -0.1) is 0 Å². The lowest BCUT2D eigenvalue weighted by Crippen LogP contribution is -2.01. The van der Waals surface area contributed by atoms with Crippen LogP contribution >= 0.6 is 15.9 Å². The quantitative estimate of drug-likeness (QED) is 0.744. The summed E-state index contributed by atoms with van der Waals surface area (Å²) in [5.41, 5.74) is 3.10. The van der Waals surface area contributed by atoms with Crippen LogP contribution < -0.4 is 0 Å². The minimum atomic E-state index is 0.228. The van der Waals surface area contributed by atoms with E-state index in [4.69, 9.17) is 0 Å². The van der Waals surface area contributed by atoms with Crippen LogP contribution in [0.3, 0.4) is 0 Å². The number of hydrogen-bond acceptors (Lipinski definition) is 1. The Morgan fingerprint density at radius 1 is 1.36 bits per heavy atom. The van der Waals surface area contributed by atoms with Gasteiger partial charge in [0.05, 0.1) is 0 Å². The molecule has 0 unspecified atom stereocenters. The second-order valence-corrected chi connectivity index (χ2v) is 4.41. The maximum absolute atomic E-state index is 11.7. The fourth-order valence-electron chi connectivity index (χ4n) is 1.51. The van der Waals surface area contributed by atoms with Crippen LogP contribution in [0.5, 0.6) is 0 Å². The van der Waals surface area contributed by atoms with Crippen molar-refractivity contribution in [2.45, 2.75) is 33.6 Å². The molecular formula is C12H15BrO. The molecule has 0 aliphatic carbocycles. The zero-order valence-corrected chi connectivity index (χ0v) is 10.4. The molecule has 0 heterocycles. The molecule has 1 nitrogen and oxygen atoms in total. The highest BCUT2D eigenvalue weighted by Gasteiger charge is 2.11. The molecule has 0 fully saturated rings. The fraction of sp³-hybridized carbons (Fsp3) is 0.417. The summed E-state index contributed by atoms with van der Waals surface area (Å²) in [6.45, 7) is 6.05. The van der Waals surface area contributed by atoms with Crippen molar-refractivity contribution >= 4 is 21.7 Å². The van der Waals surface area contributed by atoms with E-state index in [1.54, 1.807) is 0 Å². The number of aryl methyl sites for hydroxylation is 2. The molecule has 0 radical (unpaired) electrons. The number of carbonyl (C=O) groups is 1. The standard InChI is InChI=1S/C12H15BrO/c1-4-5-11(14)10-7-8(2)6-9(3)12(10)13/h6-7H,4-5H2,1-3H3. The second-order valence-electron chi connectivity index (χ2n) is 3.62. The Balaban J connectivity index is 3.13. The first-order valence-corrected chi connectivity index (χ1v) is 5.65. The van der Waals surface area contributed by atoms with Crippen LogP contribution in [0.25, 0.3) is 0 Å². The summed E-state index contributed by atoms with van der Waals surface area (Å²) < 4.78 is 0.946. The maximum Gasteiger partial charge on any atom is 0.164 e. The Morgan fingerprint density at radius 2 is 2.00 bits per heavy atom. The topological polar surface area (TPSA) is 17.1 Å². The summed E-state index contributed by atoms with van der Waals surface area (Å²) in [6.07, 6.45) is 1.53. The molecule has 1 rings (SSSR count). The van der Waals surface area contributed by atoms with Gasteiger partial charge < -0.3 is 0 Å². The van der Waals surface area contributed by atoms with Gasteiger partial charge in [0.25, 0.3) is 0 Å². The molecule has 14 heavy (non-hydrogen) atoms. The Labute approximate surface area is 93.7 Å². The molecular weight excluding hydrogens is 240 g/mol. The van der Waals surface area contributed by atoms with Crippen LogP contribution in [-0.4, -0.2) is 5.78 Å². The van der Waals surface area contributed by atoms with Crippen LogP contribution in [0.2, 0.25) is 0 Å². The van der Waals surface area contributed by atoms with E-state index >= 15 is 0 Å². The monoisotopic (exact) mass is 254 g/mol. The summed E-state index contributed by atoms with van der Waals surface area (Å²) in [6, 6.07) is 4.03. The third-order valence-corrected chi connectivity index (χ3v) is 3.23. The van der Waals surface area contributed by atoms with Gasteiger partial charge in [-0.3, -0.25) is 4.79 Å². The van der Waals surface area contributed by atoms with Gasteiger partial charge in [0, 0.05) is 16.5 Å². The third kappa shape index (κ3) is 2.44. The number of halogens is 1. The van der Waals surface area contributed by atoms with E-state index in [-0.39, 0.29) is 5.78 Å². The third-order valence-electron chi connectivity index (χ3n) is 2.18. The predicted molar refractivity (Wildman–Crippen MR) is 62.9 cm³/mol. The summed E-state index contributed by atoms with van der Waals surface area (Å²) >= 11 is 3.46. The van der Waals surface area contributed by atoms with E-state index in [2.05, 4.69) is 22.0 Å². The molecule has 0 bridgehead atoms. The molecule has 0 atom stereocenters. The number of benzene rings is 1. The van der Waals surface area contributed by atoms with Crippen LogP contribution in [-0.2, 0) is 0 Å². The van der Waals surface area contributed by atoms with Crippen molar-refractivity contribution in [2.24, 2.45) is 0 Å². The van der Waals surface area contributed by atoms with Gasteiger partial charge in [-0.1, -0.05) is 18.6 Å². The van der Waals surface area contributed by atoms with Crippen molar-refractivity contribution in [1.82, 2.24) is 0 Å². The molecule has 1 aromatic rings. The lowest BCUT2D eigenvalue weighted by molar-refractivity contribution is 0.0981. The van der Waals surface area contributed by atoms with Gasteiger partial charge in [-0.05, 0) is 47.8 Å². The highest BCUT2D eigenvalue weighted by molar-refractivity contribution is 9.10. The number of Topliss-reactive ketones (excluding diaryl/α,β-unsaturated/α-hetero) is 1. The van der Waals surface area contributed by atoms with Crippen LogP contribution in [0, 0.1) is 13.8 Å². The summed E-state index contributed by atoms with van der Waals surface area (Å²) in [5.74, 6) is 0.228. The first kappa shape index (κ1) is 11.4. The Morgan fingerprint density at radius 3 is 2.57 bits per heavy atom. The van der Waals surface area contributed by atoms with Gasteiger partial charge in [-0.25, -0.2) is 0 Å². The highest BCUT2D eigenvalue weighted by atomic mass is 79.9. The highest BCUT2D eigenvalue weighted by Crippen LogP contribution is 2.24. The van der Waals surface area contributed by atoms with E-state index in [0.29, 0.717) is 6.42 Å². The smallest absolute Gasteiger partial charge is 0.164 e. The fourth-order valence-corrected chi connectivity index (χ4v) is 1.96. The molecule has 0 aliphatic heterocycles. The zero-order chi connectivity index (χ0) is 10.7. The minimum absolute atomic E-state index is 0.228. The molecule has 0 aromatic heterocycles. The van der Waals surface area contributed by atoms with E-state index in [1.807, 2.05) is 26.8 Å². The average molecular weight is 255 g/mol. The normalized spacial score (nSPS) is 10.3. The molecule has 0 saturated carbocycles. The first-order valence-electron chi connectivity index (χ1n) is 4.86. The molecule has 0 amide bonds. The van der Waals surface area contributed by atoms with E-state index in [0.717, 1.165) is 27.6 Å².